The summed E-state index contributed by atoms with van der Waals surface area (Å²) in [4.78, 5) is 24.9. The Kier molecular flexibility index (Phi) is 3.91. The van der Waals surface area contributed by atoms with E-state index in [9.17, 15) is 9.59 Å². The lowest BCUT2D eigenvalue weighted by atomic mass is 10.0. The molecule has 0 aliphatic carbocycles. The first kappa shape index (κ1) is 13.0. The quantitative estimate of drug-likeness (QED) is 0.701. The number of nitrogens with zero attached hydrogens (tertiary/aromatic N) is 1. The molecule has 0 spiro atoms. The first-order valence-electron chi connectivity index (χ1n) is 5.73. The zero-order valence-corrected chi connectivity index (χ0v) is 10.1. The van der Waals surface area contributed by atoms with Crippen molar-refractivity contribution in [3.05, 3.63) is 0 Å². The van der Waals surface area contributed by atoms with Gasteiger partial charge in [0.15, 0.2) is 0 Å². The highest BCUT2D eigenvalue weighted by Gasteiger charge is 2.39. The van der Waals surface area contributed by atoms with E-state index in [1.807, 2.05) is 20.8 Å². The fourth-order valence-electron chi connectivity index (χ4n) is 2.09. The molecule has 16 heavy (non-hydrogen) atoms. The number of hydrogen-bond donors (Lipinski definition) is 2. The van der Waals surface area contributed by atoms with Crippen molar-refractivity contribution in [3.8, 4) is 0 Å². The lowest BCUT2D eigenvalue weighted by molar-refractivity contribution is -0.140. The van der Waals surface area contributed by atoms with Crippen LogP contribution < -0.4 is 11.5 Å². The van der Waals surface area contributed by atoms with Crippen LogP contribution in [0.5, 0.6) is 0 Å². The summed E-state index contributed by atoms with van der Waals surface area (Å²) in [6.07, 6.45) is 1.46. The number of carbonyl (C=O) groups is 2. The monoisotopic (exact) mass is 227 g/mol. The lowest BCUT2D eigenvalue weighted by Crippen LogP contribution is -2.53. The first-order chi connectivity index (χ1) is 7.36. The van der Waals surface area contributed by atoms with Crippen molar-refractivity contribution in [3.63, 3.8) is 0 Å². The van der Waals surface area contributed by atoms with Crippen LogP contribution >= 0.6 is 0 Å². The van der Waals surface area contributed by atoms with Crippen LogP contribution in [-0.2, 0) is 9.59 Å². The van der Waals surface area contributed by atoms with Crippen LogP contribution in [-0.4, -0.2) is 34.8 Å². The van der Waals surface area contributed by atoms with Gasteiger partial charge in [-0.25, -0.2) is 0 Å². The molecular weight excluding hydrogens is 206 g/mol. The van der Waals surface area contributed by atoms with Gasteiger partial charge in [0, 0.05) is 6.04 Å². The second-order valence-electron chi connectivity index (χ2n) is 4.86. The Morgan fingerprint density at radius 1 is 1.31 bits per heavy atom. The van der Waals surface area contributed by atoms with Crippen molar-refractivity contribution in [2.24, 2.45) is 17.4 Å². The molecule has 1 aliphatic heterocycles. The molecule has 0 bridgehead atoms. The Bertz CT molecular complexity index is 291. The van der Waals surface area contributed by atoms with Crippen molar-refractivity contribution in [2.75, 3.05) is 0 Å². The fraction of sp³-hybridized carbons (Fsp3) is 0.818. The highest BCUT2D eigenvalue weighted by Crippen LogP contribution is 2.25. The molecule has 1 aliphatic rings. The summed E-state index contributed by atoms with van der Waals surface area (Å²) in [5.41, 5.74) is 11.1. The van der Waals surface area contributed by atoms with E-state index >= 15 is 0 Å². The van der Waals surface area contributed by atoms with E-state index in [2.05, 4.69) is 0 Å². The molecule has 1 fully saturated rings. The van der Waals surface area contributed by atoms with E-state index in [1.54, 1.807) is 4.90 Å². The van der Waals surface area contributed by atoms with Crippen molar-refractivity contribution < 1.29 is 9.59 Å². The molecule has 1 heterocycles. The summed E-state index contributed by atoms with van der Waals surface area (Å²) in [6.45, 7) is 5.71. The van der Waals surface area contributed by atoms with E-state index in [-0.39, 0.29) is 17.9 Å². The average Bonchev–Trinajstić information content (AvgIpc) is 2.57. The van der Waals surface area contributed by atoms with Gasteiger partial charge >= 0.3 is 0 Å². The second-order valence-corrected chi connectivity index (χ2v) is 4.86. The van der Waals surface area contributed by atoms with E-state index in [1.165, 1.54) is 0 Å². The molecule has 0 aromatic rings. The Morgan fingerprint density at radius 2 is 1.88 bits per heavy atom. The standard InChI is InChI=1S/C11H21N3O2/c1-6(2)9(12)11(16)14-7(3)4-5-8(14)10(13)15/h6-9H,4-5,12H2,1-3H3,(H2,13,15)/t7-,8-,9-/m0/s1. The molecule has 2 amide bonds. The third-order valence-electron chi connectivity index (χ3n) is 3.25. The molecule has 0 radical (unpaired) electrons. The van der Waals surface area contributed by atoms with Gasteiger partial charge in [0.25, 0.3) is 0 Å². The maximum Gasteiger partial charge on any atom is 0.240 e. The predicted molar refractivity (Wildman–Crippen MR) is 61.3 cm³/mol. The number of hydrogen-bond acceptors (Lipinski definition) is 3. The Balaban J connectivity index is 2.83. The molecule has 92 valence electrons. The van der Waals surface area contributed by atoms with Crippen LogP contribution in [0.25, 0.3) is 0 Å². The summed E-state index contributed by atoms with van der Waals surface area (Å²) in [6, 6.07) is -0.982. The van der Waals surface area contributed by atoms with Gasteiger partial charge in [-0.15, -0.1) is 0 Å². The van der Waals surface area contributed by atoms with E-state index in [4.69, 9.17) is 11.5 Å². The predicted octanol–water partition coefficient (Wildman–Crippen LogP) is -0.165. The van der Waals surface area contributed by atoms with Crippen LogP contribution in [0.4, 0.5) is 0 Å². The van der Waals surface area contributed by atoms with Gasteiger partial charge in [-0.2, -0.15) is 0 Å². The number of carbonyl (C=O) groups excluding carboxylic acids is 2. The van der Waals surface area contributed by atoms with Crippen molar-refractivity contribution >= 4 is 11.8 Å². The minimum Gasteiger partial charge on any atom is -0.368 e. The van der Waals surface area contributed by atoms with Crippen LogP contribution in [0, 0.1) is 5.92 Å². The molecule has 5 heteroatoms. The average molecular weight is 227 g/mol. The number of amides is 2. The van der Waals surface area contributed by atoms with Gasteiger partial charge < -0.3 is 16.4 Å². The van der Waals surface area contributed by atoms with Gasteiger partial charge in [-0.1, -0.05) is 13.8 Å². The zero-order chi connectivity index (χ0) is 12.5. The van der Waals surface area contributed by atoms with Gasteiger partial charge in [0.05, 0.1) is 6.04 Å². The lowest BCUT2D eigenvalue weighted by Gasteiger charge is -2.30. The summed E-state index contributed by atoms with van der Waals surface area (Å²) in [5, 5.41) is 0. The Hall–Kier alpha value is -1.10. The molecule has 0 aromatic heterocycles. The third-order valence-corrected chi connectivity index (χ3v) is 3.25. The third kappa shape index (κ3) is 2.35. The molecular formula is C11H21N3O2. The van der Waals surface area contributed by atoms with Gasteiger partial charge in [0.2, 0.25) is 11.8 Å². The number of nitrogens with two attached hydrogens (primary N) is 2. The highest BCUT2D eigenvalue weighted by atomic mass is 16.2. The molecule has 3 atom stereocenters. The van der Waals surface area contributed by atoms with Crippen LogP contribution in [0.2, 0.25) is 0 Å². The Morgan fingerprint density at radius 3 is 2.31 bits per heavy atom. The van der Waals surface area contributed by atoms with E-state index in [0.717, 1.165) is 6.42 Å². The molecule has 1 rings (SSSR count). The first-order valence-corrected chi connectivity index (χ1v) is 5.73. The van der Waals surface area contributed by atoms with E-state index in [0.29, 0.717) is 6.42 Å². The maximum atomic E-state index is 12.1. The minimum absolute atomic E-state index is 0.0507. The smallest absolute Gasteiger partial charge is 0.240 e. The van der Waals surface area contributed by atoms with Gasteiger partial charge in [-0.3, -0.25) is 9.59 Å². The molecule has 5 nitrogen and oxygen atoms in total. The summed E-state index contributed by atoms with van der Waals surface area (Å²) in [7, 11) is 0. The normalized spacial score (nSPS) is 27.2. The summed E-state index contributed by atoms with van der Waals surface area (Å²) in [5.74, 6) is -0.536. The molecule has 4 N–H and O–H groups in total. The van der Waals surface area contributed by atoms with Gasteiger partial charge in [0.1, 0.15) is 6.04 Å². The maximum absolute atomic E-state index is 12.1. The Labute approximate surface area is 96.1 Å². The molecule has 1 saturated heterocycles. The van der Waals surface area contributed by atoms with Crippen LogP contribution in [0.3, 0.4) is 0 Å². The van der Waals surface area contributed by atoms with Crippen LogP contribution in [0.15, 0.2) is 0 Å². The number of primary amides is 1. The topological polar surface area (TPSA) is 89.4 Å². The number of likely N-dealkylation sites (tertiary alicyclic amines) is 1. The molecule has 0 aromatic carbocycles. The molecule has 0 saturated carbocycles. The van der Waals surface area contributed by atoms with Crippen LogP contribution in [0.1, 0.15) is 33.6 Å². The highest BCUT2D eigenvalue weighted by molar-refractivity contribution is 5.89. The fourth-order valence-corrected chi connectivity index (χ4v) is 2.09. The summed E-state index contributed by atoms with van der Waals surface area (Å²) < 4.78 is 0. The van der Waals surface area contributed by atoms with E-state index < -0.39 is 18.0 Å². The van der Waals surface area contributed by atoms with Gasteiger partial charge in [-0.05, 0) is 25.7 Å². The number of rotatable bonds is 3. The van der Waals surface area contributed by atoms with Crippen molar-refractivity contribution in [1.29, 1.82) is 0 Å². The van der Waals surface area contributed by atoms with Crippen molar-refractivity contribution in [2.45, 2.75) is 51.7 Å². The SMILES string of the molecule is CC(C)[C@H](N)C(=O)N1[C@@H](C)CC[C@H]1C(N)=O. The largest absolute Gasteiger partial charge is 0.368 e. The van der Waals surface area contributed by atoms with Crippen molar-refractivity contribution in [1.82, 2.24) is 4.90 Å². The zero-order valence-electron chi connectivity index (χ0n) is 10.1. The summed E-state index contributed by atoms with van der Waals surface area (Å²) >= 11 is 0. The second kappa shape index (κ2) is 4.82. The molecule has 0 unspecified atom stereocenters. The minimum atomic E-state index is -0.553.